The van der Waals surface area contributed by atoms with Crippen LogP contribution in [-0.2, 0) is 6.42 Å². The second-order valence-corrected chi connectivity index (χ2v) is 6.88. The minimum atomic E-state index is 0.756. The zero-order valence-electron chi connectivity index (χ0n) is 15.3. The fourth-order valence-electron chi connectivity index (χ4n) is 3.80. The maximum Gasteiger partial charge on any atom is 0.122 e. The number of benzene rings is 1. The Kier molecular flexibility index (Phi) is 7.71. The first-order chi connectivity index (χ1) is 11.3. The van der Waals surface area contributed by atoms with E-state index < -0.39 is 0 Å². The normalized spacial score (nSPS) is 21.7. The third-order valence-corrected chi connectivity index (χ3v) is 5.09. The highest BCUT2D eigenvalue weighted by molar-refractivity contribution is 5.39. The van der Waals surface area contributed by atoms with Gasteiger partial charge in [0.1, 0.15) is 5.75 Å². The third kappa shape index (κ3) is 5.41. The van der Waals surface area contributed by atoms with Gasteiger partial charge in [0.15, 0.2) is 0 Å². The van der Waals surface area contributed by atoms with Crippen molar-refractivity contribution in [2.24, 2.45) is 5.92 Å². The van der Waals surface area contributed by atoms with E-state index in [0.29, 0.717) is 0 Å². The van der Waals surface area contributed by atoms with Crippen LogP contribution >= 0.6 is 0 Å². The molecule has 0 aliphatic heterocycles. The lowest BCUT2D eigenvalue weighted by atomic mass is 9.77. The maximum atomic E-state index is 5.80. The molecule has 0 amide bonds. The number of allylic oxidation sites excluding steroid dienone is 2. The monoisotopic (exact) mass is 314 g/mol. The molecule has 1 heteroatoms. The standard InChI is InChI=1S/C22H34O/c1-4-7-8-10-18-11-13-19(14-12-18)20-15-16-22(23-6-3)21(17-20)9-5-2/h7-8,15-19H,4-6,9-14H2,1-3H3/t18-,19-. The van der Waals surface area contributed by atoms with Crippen molar-refractivity contribution in [1.29, 1.82) is 0 Å². The van der Waals surface area contributed by atoms with Crippen molar-refractivity contribution in [3.8, 4) is 5.75 Å². The molecule has 0 aromatic heterocycles. The fourth-order valence-corrected chi connectivity index (χ4v) is 3.80. The van der Waals surface area contributed by atoms with Crippen LogP contribution in [0.5, 0.6) is 5.75 Å². The quantitative estimate of drug-likeness (QED) is 0.487. The predicted molar refractivity (Wildman–Crippen MR) is 100 cm³/mol. The van der Waals surface area contributed by atoms with Crippen LogP contribution in [0.2, 0.25) is 0 Å². The number of aryl methyl sites for hydroxylation is 1. The molecule has 23 heavy (non-hydrogen) atoms. The van der Waals surface area contributed by atoms with Gasteiger partial charge in [0.2, 0.25) is 0 Å². The smallest absolute Gasteiger partial charge is 0.122 e. The zero-order valence-corrected chi connectivity index (χ0v) is 15.3. The second-order valence-electron chi connectivity index (χ2n) is 6.88. The summed E-state index contributed by atoms with van der Waals surface area (Å²) in [6.07, 6.45) is 14.9. The lowest BCUT2D eigenvalue weighted by Crippen LogP contribution is -2.13. The highest BCUT2D eigenvalue weighted by atomic mass is 16.5. The highest BCUT2D eigenvalue weighted by Crippen LogP contribution is 2.38. The van der Waals surface area contributed by atoms with Gasteiger partial charge in [-0.2, -0.15) is 0 Å². The molecule has 0 radical (unpaired) electrons. The van der Waals surface area contributed by atoms with E-state index in [-0.39, 0.29) is 0 Å². The lowest BCUT2D eigenvalue weighted by molar-refractivity contribution is 0.325. The van der Waals surface area contributed by atoms with Gasteiger partial charge in [-0.25, -0.2) is 0 Å². The van der Waals surface area contributed by atoms with Gasteiger partial charge >= 0.3 is 0 Å². The molecule has 0 unspecified atom stereocenters. The van der Waals surface area contributed by atoms with E-state index in [4.69, 9.17) is 4.74 Å². The van der Waals surface area contributed by atoms with Crippen molar-refractivity contribution in [1.82, 2.24) is 0 Å². The van der Waals surface area contributed by atoms with E-state index in [1.54, 1.807) is 5.56 Å². The van der Waals surface area contributed by atoms with E-state index in [9.17, 15) is 0 Å². The molecular formula is C22H34O. The summed E-state index contributed by atoms with van der Waals surface area (Å²) in [5, 5.41) is 0. The van der Waals surface area contributed by atoms with Crippen molar-refractivity contribution in [3.05, 3.63) is 41.5 Å². The first-order valence-corrected chi connectivity index (χ1v) is 9.69. The highest BCUT2D eigenvalue weighted by Gasteiger charge is 2.22. The first kappa shape index (κ1) is 18.1. The summed E-state index contributed by atoms with van der Waals surface area (Å²) in [6, 6.07) is 6.95. The number of hydrogen-bond acceptors (Lipinski definition) is 1. The van der Waals surface area contributed by atoms with Crippen molar-refractivity contribution < 1.29 is 4.74 Å². The van der Waals surface area contributed by atoms with Crippen LogP contribution in [0.15, 0.2) is 30.4 Å². The lowest BCUT2D eigenvalue weighted by Gasteiger charge is -2.28. The molecule has 1 nitrogen and oxygen atoms in total. The van der Waals surface area contributed by atoms with E-state index in [2.05, 4.69) is 51.1 Å². The van der Waals surface area contributed by atoms with Crippen LogP contribution in [0.25, 0.3) is 0 Å². The van der Waals surface area contributed by atoms with E-state index in [1.165, 1.54) is 50.5 Å². The van der Waals surface area contributed by atoms with Crippen molar-refractivity contribution in [3.63, 3.8) is 0 Å². The average Bonchev–Trinajstić information content (AvgIpc) is 2.58. The summed E-state index contributed by atoms with van der Waals surface area (Å²) < 4.78 is 5.80. The van der Waals surface area contributed by atoms with E-state index >= 15 is 0 Å². The Bertz CT molecular complexity index is 481. The van der Waals surface area contributed by atoms with Gasteiger partial charge in [0, 0.05) is 0 Å². The van der Waals surface area contributed by atoms with Crippen molar-refractivity contribution in [2.75, 3.05) is 6.61 Å². The summed E-state index contributed by atoms with van der Waals surface area (Å²) in [6.45, 7) is 7.29. The van der Waals surface area contributed by atoms with E-state index in [0.717, 1.165) is 30.6 Å². The molecule has 0 heterocycles. The molecule has 1 fully saturated rings. The molecule has 1 aromatic carbocycles. The second kappa shape index (κ2) is 9.80. The van der Waals surface area contributed by atoms with Crippen LogP contribution in [0.1, 0.15) is 82.8 Å². The van der Waals surface area contributed by atoms with Gasteiger partial charge in [0.25, 0.3) is 0 Å². The van der Waals surface area contributed by atoms with E-state index in [1.807, 2.05) is 0 Å². The van der Waals surface area contributed by atoms with Crippen molar-refractivity contribution >= 4 is 0 Å². The Labute approximate surface area is 143 Å². The summed E-state index contributed by atoms with van der Waals surface area (Å²) >= 11 is 0. The topological polar surface area (TPSA) is 9.23 Å². The fraction of sp³-hybridized carbons (Fsp3) is 0.636. The number of ether oxygens (including phenoxy) is 1. The molecule has 1 saturated carbocycles. The first-order valence-electron chi connectivity index (χ1n) is 9.69. The maximum absolute atomic E-state index is 5.80. The third-order valence-electron chi connectivity index (χ3n) is 5.09. The van der Waals surface area contributed by atoms with Gasteiger partial charge in [-0.3, -0.25) is 0 Å². The van der Waals surface area contributed by atoms with Gasteiger partial charge in [-0.1, -0.05) is 44.6 Å². The minimum Gasteiger partial charge on any atom is -0.494 e. The molecule has 2 rings (SSSR count). The van der Waals surface area contributed by atoms with Gasteiger partial charge in [-0.05, 0) is 80.9 Å². The molecule has 1 aromatic rings. The molecular weight excluding hydrogens is 280 g/mol. The number of rotatable bonds is 8. The average molecular weight is 315 g/mol. The SMILES string of the molecule is CCC=CC[C@H]1CC[C@H](c2ccc(OCC)c(CCC)c2)CC1. The summed E-state index contributed by atoms with van der Waals surface area (Å²) in [7, 11) is 0. The summed E-state index contributed by atoms with van der Waals surface area (Å²) in [4.78, 5) is 0. The molecule has 0 saturated heterocycles. The van der Waals surface area contributed by atoms with Gasteiger partial charge in [0.05, 0.1) is 6.61 Å². The molecule has 1 aliphatic rings. The van der Waals surface area contributed by atoms with Crippen LogP contribution in [0.3, 0.4) is 0 Å². The van der Waals surface area contributed by atoms with Gasteiger partial charge < -0.3 is 4.74 Å². The van der Waals surface area contributed by atoms with Crippen LogP contribution < -0.4 is 4.74 Å². The van der Waals surface area contributed by atoms with Crippen LogP contribution in [0, 0.1) is 5.92 Å². The molecule has 0 atom stereocenters. The van der Waals surface area contributed by atoms with Crippen molar-refractivity contribution in [2.45, 2.75) is 78.1 Å². The summed E-state index contributed by atoms with van der Waals surface area (Å²) in [5.74, 6) is 2.76. The molecule has 0 spiro atoms. The van der Waals surface area contributed by atoms with Crippen LogP contribution in [-0.4, -0.2) is 6.61 Å². The van der Waals surface area contributed by atoms with Crippen LogP contribution in [0.4, 0.5) is 0 Å². The minimum absolute atomic E-state index is 0.756. The Morgan fingerprint density at radius 1 is 1.04 bits per heavy atom. The number of hydrogen-bond donors (Lipinski definition) is 0. The van der Waals surface area contributed by atoms with Gasteiger partial charge in [-0.15, -0.1) is 0 Å². The Balaban J connectivity index is 1.97. The Morgan fingerprint density at radius 3 is 2.48 bits per heavy atom. The molecule has 0 bridgehead atoms. The molecule has 1 aliphatic carbocycles. The Hall–Kier alpha value is -1.24. The molecule has 0 N–H and O–H groups in total. The largest absolute Gasteiger partial charge is 0.494 e. The molecule has 128 valence electrons. The Morgan fingerprint density at radius 2 is 1.83 bits per heavy atom. The predicted octanol–water partition coefficient (Wildman–Crippen LogP) is 6.67. The zero-order chi connectivity index (χ0) is 16.5. The summed E-state index contributed by atoms with van der Waals surface area (Å²) in [5.41, 5.74) is 2.94.